The minimum Gasteiger partial charge on any atom is -0.488 e. The zero-order valence-corrected chi connectivity index (χ0v) is 30.4. The van der Waals surface area contributed by atoms with Gasteiger partial charge in [-0.15, -0.1) is 0 Å². The van der Waals surface area contributed by atoms with Crippen molar-refractivity contribution in [2.45, 2.75) is 162 Å². The molecular formula is C38H60O10. The van der Waals surface area contributed by atoms with E-state index in [-0.39, 0.29) is 46.2 Å². The Labute approximate surface area is 285 Å². The van der Waals surface area contributed by atoms with Gasteiger partial charge in [-0.3, -0.25) is 4.79 Å². The highest BCUT2D eigenvalue weighted by molar-refractivity contribution is 5.66. The second-order valence-electron chi connectivity index (χ2n) is 18.5. The van der Waals surface area contributed by atoms with Crippen molar-refractivity contribution in [3.8, 4) is 0 Å². The summed E-state index contributed by atoms with van der Waals surface area (Å²) in [5.41, 5.74) is -0.813. The van der Waals surface area contributed by atoms with Crippen molar-refractivity contribution in [2.75, 3.05) is 6.61 Å². The number of fused-ring (bicyclic) bond motifs is 3. The van der Waals surface area contributed by atoms with Crippen molar-refractivity contribution < 1.29 is 49.3 Å². The zero-order chi connectivity index (χ0) is 35.1. The summed E-state index contributed by atoms with van der Waals surface area (Å²) >= 11 is 0. The van der Waals surface area contributed by atoms with Crippen molar-refractivity contribution in [3.05, 3.63) is 11.3 Å². The number of carbonyl (C=O) groups excluding carboxylic acids is 1. The van der Waals surface area contributed by atoms with Gasteiger partial charge in [0.15, 0.2) is 12.4 Å². The molecule has 5 fully saturated rings. The maximum absolute atomic E-state index is 12.5. The van der Waals surface area contributed by atoms with Gasteiger partial charge in [-0.2, -0.15) is 0 Å². The van der Waals surface area contributed by atoms with Gasteiger partial charge in [-0.1, -0.05) is 41.5 Å². The molecule has 5 N–H and O–H groups in total. The summed E-state index contributed by atoms with van der Waals surface area (Å²) in [5.74, 6) is 1.43. The van der Waals surface area contributed by atoms with Crippen LogP contribution in [-0.4, -0.2) is 92.7 Å². The minimum absolute atomic E-state index is 0.0752. The topological polar surface area (TPSA) is 155 Å². The highest BCUT2D eigenvalue weighted by Gasteiger charge is 2.87. The van der Waals surface area contributed by atoms with E-state index in [1.165, 1.54) is 12.5 Å². The standard InChI is InChI=1S/C38H60O10/c1-18-16-22(31(34(6,7)44)46-20(3)39)47-29-26(18)35(8)14-15-38-19(2)37(38)13-12-25(48-32-28(42)27(41)21(40)17-45-32)33(4,5)23(37)10-11-24(38)36(35,9)30(29)43/h18-19,21-25,27-28,30-32,40-44H,10-17H2,1-9H3/t18-,19-,21+,22-,23+,24+,25+,27+,28-,30+,31+,32+,35-,36-,37-,38+/m1/s1. The lowest BCUT2D eigenvalue weighted by molar-refractivity contribution is -0.303. The number of aliphatic hydroxyl groups excluding tert-OH is 4. The summed E-state index contributed by atoms with van der Waals surface area (Å²) in [6, 6.07) is 0. The van der Waals surface area contributed by atoms with Gasteiger partial charge in [0.05, 0.1) is 18.3 Å². The lowest BCUT2D eigenvalue weighted by Crippen LogP contribution is -2.61. The Morgan fingerprint density at radius 2 is 1.58 bits per heavy atom. The van der Waals surface area contributed by atoms with E-state index < -0.39 is 59.9 Å². The Morgan fingerprint density at radius 3 is 2.23 bits per heavy atom. The second-order valence-corrected chi connectivity index (χ2v) is 18.5. The first-order valence-corrected chi connectivity index (χ1v) is 18.5. The van der Waals surface area contributed by atoms with E-state index in [2.05, 4.69) is 41.5 Å². The molecule has 48 heavy (non-hydrogen) atoms. The van der Waals surface area contributed by atoms with E-state index in [4.69, 9.17) is 18.9 Å². The molecule has 2 spiro atoms. The predicted octanol–water partition coefficient (Wildman–Crippen LogP) is 3.84. The summed E-state index contributed by atoms with van der Waals surface area (Å²) in [6.45, 7) is 18.4. The molecule has 0 aromatic carbocycles. The third-order valence-electron chi connectivity index (χ3n) is 15.9. The van der Waals surface area contributed by atoms with Gasteiger partial charge in [0, 0.05) is 17.8 Å². The Bertz CT molecular complexity index is 1350. The quantitative estimate of drug-likeness (QED) is 0.214. The van der Waals surface area contributed by atoms with Crippen LogP contribution in [0.2, 0.25) is 0 Å². The molecule has 7 aliphatic rings. The van der Waals surface area contributed by atoms with Crippen LogP contribution in [-0.2, 0) is 23.7 Å². The van der Waals surface area contributed by atoms with E-state index in [0.717, 1.165) is 38.5 Å². The summed E-state index contributed by atoms with van der Waals surface area (Å²) in [7, 11) is 0. The van der Waals surface area contributed by atoms with Crippen LogP contribution in [0.3, 0.4) is 0 Å². The monoisotopic (exact) mass is 676 g/mol. The number of carbonyl (C=O) groups is 1. The molecular weight excluding hydrogens is 616 g/mol. The molecule has 2 aliphatic heterocycles. The molecule has 0 unspecified atom stereocenters. The number of ether oxygens (including phenoxy) is 4. The van der Waals surface area contributed by atoms with E-state index in [9.17, 15) is 30.3 Å². The van der Waals surface area contributed by atoms with Gasteiger partial charge < -0.3 is 44.5 Å². The molecule has 0 radical (unpaired) electrons. The van der Waals surface area contributed by atoms with Gasteiger partial charge in [0.1, 0.15) is 36.3 Å². The number of allylic oxidation sites excluding steroid dienone is 1. The number of hydrogen-bond donors (Lipinski definition) is 5. The molecule has 0 bridgehead atoms. The molecule has 1 saturated heterocycles. The zero-order valence-electron chi connectivity index (χ0n) is 30.4. The largest absolute Gasteiger partial charge is 0.488 e. The Morgan fingerprint density at radius 1 is 0.938 bits per heavy atom. The summed E-state index contributed by atoms with van der Waals surface area (Å²) in [6.07, 6.45) is -0.643. The SMILES string of the molecule is CC(=O)O[C@@H]([C@H]1C[C@@H](C)C2=C(O1)[C@H](O)[C@@]1(C)[C@@H]3CC[C@H]4C(C)(C)[C@@H](O[C@@H]5OC[C@H](O)[C@H](O)[C@H]5O)CC[C@@]45[C@@H](C)[C@@]35CC[C@]21C)C(C)(C)O. The van der Waals surface area contributed by atoms with E-state index in [0.29, 0.717) is 24.0 Å². The number of hydrogen-bond acceptors (Lipinski definition) is 10. The Kier molecular flexibility index (Phi) is 7.96. The first-order valence-electron chi connectivity index (χ1n) is 18.5. The first kappa shape index (κ1) is 35.1. The average molecular weight is 677 g/mol. The highest BCUT2D eigenvalue weighted by Crippen LogP contribution is 2.91. The fourth-order valence-corrected chi connectivity index (χ4v) is 13.7. The van der Waals surface area contributed by atoms with Crippen LogP contribution in [0.25, 0.3) is 0 Å². The summed E-state index contributed by atoms with van der Waals surface area (Å²) < 4.78 is 24.5. The van der Waals surface area contributed by atoms with Gasteiger partial charge in [0.25, 0.3) is 0 Å². The van der Waals surface area contributed by atoms with Crippen LogP contribution in [0, 0.1) is 50.7 Å². The third-order valence-corrected chi connectivity index (χ3v) is 15.9. The van der Waals surface area contributed by atoms with Crippen LogP contribution in [0.4, 0.5) is 0 Å². The third kappa shape index (κ3) is 4.26. The Balaban J connectivity index is 1.17. The van der Waals surface area contributed by atoms with Gasteiger partial charge in [-0.25, -0.2) is 0 Å². The lowest BCUT2D eigenvalue weighted by atomic mass is 9.41. The highest BCUT2D eigenvalue weighted by atomic mass is 16.7. The van der Waals surface area contributed by atoms with Crippen LogP contribution in [0.5, 0.6) is 0 Å². The first-order chi connectivity index (χ1) is 22.2. The molecule has 0 aromatic heterocycles. The fourth-order valence-electron chi connectivity index (χ4n) is 13.7. The molecule has 4 saturated carbocycles. The van der Waals surface area contributed by atoms with E-state index in [1.54, 1.807) is 13.8 Å². The molecule has 5 aliphatic carbocycles. The van der Waals surface area contributed by atoms with Crippen molar-refractivity contribution >= 4 is 5.97 Å². The smallest absolute Gasteiger partial charge is 0.303 e. The number of aliphatic hydroxyl groups is 5. The van der Waals surface area contributed by atoms with Crippen LogP contribution in [0.15, 0.2) is 11.3 Å². The molecule has 2 heterocycles. The van der Waals surface area contributed by atoms with Crippen molar-refractivity contribution in [1.29, 1.82) is 0 Å². The van der Waals surface area contributed by atoms with Gasteiger partial charge in [0.2, 0.25) is 0 Å². The van der Waals surface area contributed by atoms with E-state index in [1.807, 2.05) is 0 Å². The van der Waals surface area contributed by atoms with E-state index >= 15 is 0 Å². The molecule has 10 heteroatoms. The molecule has 272 valence electrons. The van der Waals surface area contributed by atoms with Crippen molar-refractivity contribution in [2.24, 2.45) is 50.7 Å². The van der Waals surface area contributed by atoms with Crippen molar-refractivity contribution in [1.82, 2.24) is 0 Å². The average Bonchev–Trinajstić information content (AvgIpc) is 3.47. The van der Waals surface area contributed by atoms with Crippen LogP contribution in [0.1, 0.15) is 107 Å². The molecule has 0 amide bonds. The van der Waals surface area contributed by atoms with Crippen LogP contribution >= 0.6 is 0 Å². The van der Waals surface area contributed by atoms with Gasteiger partial charge >= 0.3 is 5.97 Å². The minimum atomic E-state index is -1.31. The normalized spacial score (nSPS) is 52.9. The molecule has 10 nitrogen and oxygen atoms in total. The maximum Gasteiger partial charge on any atom is 0.303 e. The number of esters is 1. The summed E-state index contributed by atoms with van der Waals surface area (Å²) in [5, 5.41) is 54.5. The predicted molar refractivity (Wildman–Crippen MR) is 175 cm³/mol. The lowest BCUT2D eigenvalue weighted by Gasteiger charge is -2.63. The van der Waals surface area contributed by atoms with Gasteiger partial charge in [-0.05, 0) is 104 Å². The number of rotatable bonds is 5. The summed E-state index contributed by atoms with van der Waals surface area (Å²) in [4.78, 5) is 12.1. The Hall–Kier alpha value is -1.27. The second kappa shape index (κ2) is 10.9. The molecule has 16 atom stereocenters. The van der Waals surface area contributed by atoms with Crippen molar-refractivity contribution in [3.63, 3.8) is 0 Å². The molecule has 0 aromatic rings. The van der Waals surface area contributed by atoms with Crippen LogP contribution < -0.4 is 0 Å². The fraction of sp³-hybridized carbons (Fsp3) is 0.921. The maximum atomic E-state index is 12.5. The molecule has 7 rings (SSSR count).